The third-order valence-electron chi connectivity index (χ3n) is 9.70. The summed E-state index contributed by atoms with van der Waals surface area (Å²) >= 11 is 0. The molecule has 0 saturated heterocycles. The van der Waals surface area contributed by atoms with E-state index in [4.69, 9.17) is 9.29 Å². The molecule has 4 aliphatic rings. The molecule has 0 radical (unpaired) electrons. The highest BCUT2D eigenvalue weighted by Gasteiger charge is 2.72. The first-order chi connectivity index (χ1) is 16.4. The molecule has 4 bridgehead atoms. The number of aliphatic hydroxyl groups is 3. The Hall–Kier alpha value is -0.920. The molecule has 0 aromatic carbocycles. The summed E-state index contributed by atoms with van der Waals surface area (Å²) in [6.45, 7) is 6.83. The molecule has 0 spiro atoms. The standard InChI is InChI=1S/C24H40F2O9S/c1-5-22(29,6-2)19-9-16-10-20(13-19,23(30,7-3)8-4)15-21(11-16,14-19)34-12-17(27)35-18(28)24(25,26)36(31,32)33/h16,18,28-30H,5-15H2,1-4H3,(H,31,32,33). The summed E-state index contributed by atoms with van der Waals surface area (Å²) in [6, 6.07) is 0. The Morgan fingerprint density at radius 2 is 1.39 bits per heavy atom. The van der Waals surface area contributed by atoms with E-state index < -0.39 is 61.9 Å². The van der Waals surface area contributed by atoms with Gasteiger partial charge in [0.15, 0.2) is 0 Å². The minimum absolute atomic E-state index is 0.112. The van der Waals surface area contributed by atoms with Crippen LogP contribution in [0.5, 0.6) is 0 Å². The molecule has 4 saturated carbocycles. The molecule has 12 heteroatoms. The van der Waals surface area contributed by atoms with Crippen molar-refractivity contribution in [2.75, 3.05) is 6.61 Å². The van der Waals surface area contributed by atoms with Crippen LogP contribution in [0, 0.1) is 16.7 Å². The number of aliphatic hydroxyl groups excluding tert-OH is 1. The lowest BCUT2D eigenvalue weighted by Gasteiger charge is -2.72. The van der Waals surface area contributed by atoms with Crippen LogP contribution in [-0.2, 0) is 24.4 Å². The van der Waals surface area contributed by atoms with Gasteiger partial charge in [-0.05, 0) is 70.1 Å². The molecule has 4 fully saturated rings. The van der Waals surface area contributed by atoms with Gasteiger partial charge in [0.25, 0.3) is 6.29 Å². The van der Waals surface area contributed by atoms with Crippen LogP contribution in [0.25, 0.3) is 0 Å². The minimum Gasteiger partial charge on any atom is -0.426 e. The Labute approximate surface area is 211 Å². The van der Waals surface area contributed by atoms with Gasteiger partial charge in [-0.1, -0.05) is 27.7 Å². The van der Waals surface area contributed by atoms with Gasteiger partial charge in [0.1, 0.15) is 6.61 Å². The van der Waals surface area contributed by atoms with Gasteiger partial charge in [-0.2, -0.15) is 17.2 Å². The van der Waals surface area contributed by atoms with Gasteiger partial charge < -0.3 is 24.8 Å². The molecule has 36 heavy (non-hydrogen) atoms. The lowest BCUT2D eigenvalue weighted by Crippen LogP contribution is -2.71. The third kappa shape index (κ3) is 4.49. The predicted molar refractivity (Wildman–Crippen MR) is 124 cm³/mol. The molecule has 0 heterocycles. The highest BCUT2D eigenvalue weighted by Crippen LogP contribution is 2.73. The second-order valence-electron chi connectivity index (χ2n) is 11.4. The maximum absolute atomic E-state index is 13.6. The fourth-order valence-corrected chi connectivity index (χ4v) is 8.42. The van der Waals surface area contributed by atoms with Crippen molar-refractivity contribution in [2.24, 2.45) is 16.7 Å². The number of alkyl halides is 2. The fraction of sp³-hybridized carbons (Fsp3) is 0.958. The third-order valence-corrected chi connectivity index (χ3v) is 10.6. The molecule has 9 nitrogen and oxygen atoms in total. The van der Waals surface area contributed by atoms with Crippen LogP contribution < -0.4 is 0 Å². The van der Waals surface area contributed by atoms with Crippen LogP contribution in [0.3, 0.4) is 0 Å². The average molecular weight is 543 g/mol. The van der Waals surface area contributed by atoms with E-state index in [9.17, 15) is 37.3 Å². The Bertz CT molecular complexity index is 911. The molecule has 0 aromatic heterocycles. The zero-order valence-corrected chi connectivity index (χ0v) is 22.2. The van der Waals surface area contributed by atoms with E-state index >= 15 is 0 Å². The number of carbonyl (C=O) groups excluding carboxylic acids is 1. The van der Waals surface area contributed by atoms with Crippen LogP contribution in [0.1, 0.15) is 91.9 Å². The van der Waals surface area contributed by atoms with E-state index in [1.807, 2.05) is 27.7 Å². The van der Waals surface area contributed by atoms with Gasteiger partial charge >= 0.3 is 21.3 Å². The zero-order chi connectivity index (χ0) is 27.4. The second-order valence-corrected chi connectivity index (χ2v) is 12.9. The number of ether oxygens (including phenoxy) is 2. The number of rotatable bonds is 12. The van der Waals surface area contributed by atoms with Crippen molar-refractivity contribution in [3.63, 3.8) is 0 Å². The summed E-state index contributed by atoms with van der Waals surface area (Å²) in [5.74, 6) is -1.31. The van der Waals surface area contributed by atoms with Gasteiger partial charge in [0.2, 0.25) is 0 Å². The summed E-state index contributed by atoms with van der Waals surface area (Å²) in [6.07, 6.45) is 2.09. The first-order valence-corrected chi connectivity index (χ1v) is 14.2. The molecular formula is C24H40F2O9S. The van der Waals surface area contributed by atoms with Crippen molar-refractivity contribution in [3.05, 3.63) is 0 Å². The highest BCUT2D eigenvalue weighted by molar-refractivity contribution is 7.86. The first kappa shape index (κ1) is 29.6. The van der Waals surface area contributed by atoms with Crippen molar-refractivity contribution in [2.45, 2.75) is 120 Å². The zero-order valence-electron chi connectivity index (χ0n) is 21.4. The maximum atomic E-state index is 13.6. The van der Waals surface area contributed by atoms with E-state index in [1.165, 1.54) is 0 Å². The van der Waals surface area contributed by atoms with E-state index in [2.05, 4.69) is 4.74 Å². The predicted octanol–water partition coefficient (Wildman–Crippen LogP) is 3.16. The smallest absolute Gasteiger partial charge is 0.426 e. The highest BCUT2D eigenvalue weighted by atomic mass is 32.2. The van der Waals surface area contributed by atoms with E-state index in [0.717, 1.165) is 12.8 Å². The Morgan fingerprint density at radius 1 is 0.944 bits per heavy atom. The van der Waals surface area contributed by atoms with Gasteiger partial charge in [-0.3, -0.25) is 4.55 Å². The maximum Gasteiger partial charge on any atom is 0.430 e. The summed E-state index contributed by atoms with van der Waals surface area (Å²) in [4.78, 5) is 12.3. The van der Waals surface area contributed by atoms with Crippen LogP contribution >= 0.6 is 0 Å². The lowest BCUT2D eigenvalue weighted by molar-refractivity contribution is -0.304. The minimum atomic E-state index is -6.02. The van der Waals surface area contributed by atoms with Crippen LogP contribution in [0.4, 0.5) is 8.78 Å². The molecule has 4 N–H and O–H groups in total. The SMILES string of the molecule is CCC(O)(CC)C12CC3CC(OCC(=O)OC(O)C(F)(F)S(=O)(=O)O)(C1)CC(C(O)(CC)CC)(C3)C2. The number of carbonyl (C=O) groups is 1. The largest absolute Gasteiger partial charge is 0.430 e. The number of hydrogen-bond donors (Lipinski definition) is 4. The van der Waals surface area contributed by atoms with Gasteiger partial charge in [0.05, 0.1) is 16.8 Å². The molecule has 210 valence electrons. The molecule has 3 unspecified atom stereocenters. The van der Waals surface area contributed by atoms with Crippen molar-refractivity contribution >= 4 is 16.1 Å². The van der Waals surface area contributed by atoms with Crippen molar-refractivity contribution in [3.8, 4) is 0 Å². The monoisotopic (exact) mass is 542 g/mol. The Kier molecular flexibility index (Phi) is 7.71. The topological polar surface area (TPSA) is 151 Å². The summed E-state index contributed by atoms with van der Waals surface area (Å²) < 4.78 is 67.7. The molecule has 3 atom stereocenters. The quantitative estimate of drug-likeness (QED) is 0.166. The normalized spacial score (nSPS) is 33.6. The van der Waals surface area contributed by atoms with Crippen molar-refractivity contribution in [1.29, 1.82) is 0 Å². The molecule has 0 aromatic rings. The summed E-state index contributed by atoms with van der Waals surface area (Å²) in [5, 5.41) is 27.9. The van der Waals surface area contributed by atoms with Crippen LogP contribution in [0.15, 0.2) is 0 Å². The molecule has 4 aliphatic carbocycles. The van der Waals surface area contributed by atoms with Crippen LogP contribution in [-0.4, -0.2) is 69.2 Å². The number of hydrogen-bond acceptors (Lipinski definition) is 8. The van der Waals surface area contributed by atoms with E-state index in [-0.39, 0.29) is 5.92 Å². The first-order valence-electron chi connectivity index (χ1n) is 12.7. The Balaban J connectivity index is 1.90. The van der Waals surface area contributed by atoms with Crippen LogP contribution in [0.2, 0.25) is 0 Å². The molecular weight excluding hydrogens is 502 g/mol. The number of esters is 1. The van der Waals surface area contributed by atoms with Gasteiger partial charge in [-0.25, -0.2) is 4.79 Å². The summed E-state index contributed by atoms with van der Waals surface area (Å²) in [7, 11) is -6.02. The fourth-order valence-electron chi connectivity index (χ4n) is 8.12. The second kappa shape index (κ2) is 9.37. The van der Waals surface area contributed by atoms with Crippen molar-refractivity contribution in [1.82, 2.24) is 0 Å². The lowest BCUT2D eigenvalue weighted by atomic mass is 9.36. The van der Waals surface area contributed by atoms with Crippen molar-refractivity contribution < 1.29 is 51.3 Å². The summed E-state index contributed by atoms with van der Waals surface area (Å²) in [5.41, 5.74) is -4.14. The van der Waals surface area contributed by atoms with E-state index in [0.29, 0.717) is 51.4 Å². The average Bonchev–Trinajstić information content (AvgIpc) is 2.79. The molecule has 4 rings (SSSR count). The van der Waals surface area contributed by atoms with Gasteiger partial charge in [0, 0.05) is 10.8 Å². The van der Waals surface area contributed by atoms with E-state index in [1.54, 1.807) is 0 Å². The number of halogens is 2. The molecule has 0 aliphatic heterocycles. The van der Waals surface area contributed by atoms with Gasteiger partial charge in [-0.15, -0.1) is 0 Å². The molecule has 0 amide bonds. The Morgan fingerprint density at radius 3 is 1.78 bits per heavy atom.